The SMILES string of the molecule is Cc1ccc(NS(=O)(=O)c2ccsc2C(=O)N2CCC(C3OCCO3)CC2)cc1. The van der Waals surface area contributed by atoms with Gasteiger partial charge in [-0.25, -0.2) is 8.42 Å². The molecule has 156 valence electrons. The Morgan fingerprint density at radius 3 is 2.41 bits per heavy atom. The monoisotopic (exact) mass is 436 g/mol. The first-order valence-electron chi connectivity index (χ1n) is 9.63. The Kier molecular flexibility index (Phi) is 5.91. The van der Waals surface area contributed by atoms with Gasteiger partial charge in [-0.05, 0) is 43.3 Å². The smallest absolute Gasteiger partial charge is 0.265 e. The highest BCUT2D eigenvalue weighted by molar-refractivity contribution is 7.93. The lowest BCUT2D eigenvalue weighted by Gasteiger charge is -2.33. The maximum absolute atomic E-state index is 13.0. The molecule has 7 nitrogen and oxygen atoms in total. The van der Waals surface area contributed by atoms with Gasteiger partial charge in [0.2, 0.25) is 0 Å². The van der Waals surface area contributed by atoms with Crippen LogP contribution in [0.5, 0.6) is 0 Å². The molecular formula is C20H24N2O5S2. The van der Waals surface area contributed by atoms with E-state index in [1.54, 1.807) is 22.4 Å². The van der Waals surface area contributed by atoms with Crippen LogP contribution < -0.4 is 4.72 Å². The zero-order valence-corrected chi connectivity index (χ0v) is 17.8. The highest BCUT2D eigenvalue weighted by atomic mass is 32.2. The molecule has 4 rings (SSSR count). The number of hydrogen-bond acceptors (Lipinski definition) is 6. The average molecular weight is 437 g/mol. The van der Waals surface area contributed by atoms with Gasteiger partial charge >= 0.3 is 0 Å². The largest absolute Gasteiger partial charge is 0.350 e. The van der Waals surface area contributed by atoms with E-state index in [9.17, 15) is 13.2 Å². The minimum absolute atomic E-state index is 0.0256. The molecule has 2 aromatic rings. The van der Waals surface area contributed by atoms with Crippen molar-refractivity contribution in [2.24, 2.45) is 5.92 Å². The molecule has 0 saturated carbocycles. The number of nitrogens with zero attached hydrogens (tertiary/aromatic N) is 1. The number of rotatable bonds is 5. The summed E-state index contributed by atoms with van der Waals surface area (Å²) in [7, 11) is -3.85. The van der Waals surface area contributed by atoms with Crippen molar-refractivity contribution in [3.8, 4) is 0 Å². The minimum atomic E-state index is -3.85. The molecule has 0 radical (unpaired) electrons. The molecule has 1 N–H and O–H groups in total. The quantitative estimate of drug-likeness (QED) is 0.779. The summed E-state index contributed by atoms with van der Waals surface area (Å²) in [5, 5.41) is 1.64. The fourth-order valence-electron chi connectivity index (χ4n) is 3.66. The molecule has 1 aromatic heterocycles. The third-order valence-electron chi connectivity index (χ3n) is 5.28. The summed E-state index contributed by atoms with van der Waals surface area (Å²) in [4.78, 5) is 15.0. The number of anilines is 1. The number of thiophene rings is 1. The second-order valence-corrected chi connectivity index (χ2v) is 9.89. The molecule has 0 unspecified atom stereocenters. The number of carbonyl (C=O) groups excluding carboxylic acids is 1. The molecule has 0 spiro atoms. The van der Waals surface area contributed by atoms with Crippen LogP contribution in [0.2, 0.25) is 0 Å². The van der Waals surface area contributed by atoms with Gasteiger partial charge in [0.25, 0.3) is 15.9 Å². The Morgan fingerprint density at radius 2 is 1.76 bits per heavy atom. The summed E-state index contributed by atoms with van der Waals surface area (Å²) in [5.41, 5.74) is 1.51. The Bertz CT molecular complexity index is 957. The lowest BCUT2D eigenvalue weighted by atomic mass is 9.96. The second-order valence-electron chi connectivity index (χ2n) is 7.33. The van der Waals surface area contributed by atoms with Crippen LogP contribution in [-0.4, -0.2) is 51.8 Å². The molecule has 0 aliphatic carbocycles. The zero-order chi connectivity index (χ0) is 20.4. The van der Waals surface area contributed by atoms with Gasteiger partial charge in [0.15, 0.2) is 6.29 Å². The molecule has 3 heterocycles. The molecule has 2 aliphatic heterocycles. The maximum Gasteiger partial charge on any atom is 0.265 e. The van der Waals surface area contributed by atoms with Crippen LogP contribution in [0.15, 0.2) is 40.6 Å². The molecule has 1 aromatic carbocycles. The van der Waals surface area contributed by atoms with Crippen LogP contribution in [0.4, 0.5) is 5.69 Å². The normalized spacial score (nSPS) is 18.9. The van der Waals surface area contributed by atoms with E-state index in [0.29, 0.717) is 32.0 Å². The van der Waals surface area contributed by atoms with Gasteiger partial charge in [-0.2, -0.15) is 0 Å². The van der Waals surface area contributed by atoms with Gasteiger partial charge < -0.3 is 14.4 Å². The lowest BCUT2D eigenvalue weighted by molar-refractivity contribution is -0.0956. The molecule has 1 amide bonds. The van der Waals surface area contributed by atoms with Crippen LogP contribution in [0.25, 0.3) is 0 Å². The van der Waals surface area contributed by atoms with Crippen molar-refractivity contribution in [1.82, 2.24) is 4.90 Å². The Balaban J connectivity index is 1.45. The molecule has 2 aliphatic rings. The maximum atomic E-state index is 13.0. The molecular weight excluding hydrogens is 412 g/mol. The molecule has 29 heavy (non-hydrogen) atoms. The number of benzene rings is 1. The Hall–Kier alpha value is -1.94. The van der Waals surface area contributed by atoms with Crippen molar-refractivity contribution in [3.05, 3.63) is 46.2 Å². The van der Waals surface area contributed by atoms with Crippen molar-refractivity contribution >= 4 is 33.0 Å². The van der Waals surface area contributed by atoms with E-state index in [-0.39, 0.29) is 27.9 Å². The molecule has 2 fully saturated rings. The van der Waals surface area contributed by atoms with Gasteiger partial charge in [-0.1, -0.05) is 17.7 Å². The number of piperidine rings is 1. The van der Waals surface area contributed by atoms with Crippen LogP contribution in [0, 0.1) is 12.8 Å². The summed E-state index contributed by atoms with van der Waals surface area (Å²) in [5.74, 6) is 0.0345. The third kappa shape index (κ3) is 4.48. The zero-order valence-electron chi connectivity index (χ0n) is 16.2. The van der Waals surface area contributed by atoms with Crippen LogP contribution >= 0.6 is 11.3 Å². The molecule has 0 bridgehead atoms. The number of likely N-dealkylation sites (tertiary alicyclic amines) is 1. The van der Waals surface area contributed by atoms with E-state index in [0.717, 1.165) is 29.7 Å². The van der Waals surface area contributed by atoms with Gasteiger partial charge in [-0.15, -0.1) is 11.3 Å². The molecule has 0 atom stereocenters. The predicted octanol–water partition coefficient (Wildman–Crippen LogP) is 3.08. The number of aryl methyl sites for hydroxylation is 1. The number of hydrogen-bond donors (Lipinski definition) is 1. The lowest BCUT2D eigenvalue weighted by Crippen LogP contribution is -2.41. The predicted molar refractivity (Wildman–Crippen MR) is 111 cm³/mol. The summed E-state index contributed by atoms with van der Waals surface area (Å²) >= 11 is 1.16. The van der Waals surface area contributed by atoms with Gasteiger partial charge in [-0.3, -0.25) is 9.52 Å². The van der Waals surface area contributed by atoms with Crippen molar-refractivity contribution in [3.63, 3.8) is 0 Å². The highest BCUT2D eigenvalue weighted by Gasteiger charge is 2.34. The number of nitrogens with one attached hydrogen (secondary N) is 1. The van der Waals surface area contributed by atoms with Crippen LogP contribution in [-0.2, 0) is 19.5 Å². The summed E-state index contributed by atoms with van der Waals surface area (Å²) in [6, 6.07) is 8.57. The van der Waals surface area contributed by atoms with E-state index >= 15 is 0 Å². The second kappa shape index (κ2) is 8.43. The minimum Gasteiger partial charge on any atom is -0.350 e. The van der Waals surface area contributed by atoms with Crippen molar-refractivity contribution in [2.45, 2.75) is 31.0 Å². The third-order valence-corrected chi connectivity index (χ3v) is 7.73. The standard InChI is InChI=1S/C20H24N2O5S2/c1-14-2-4-16(5-3-14)21-29(24,25)17-8-13-28-18(17)19(23)22-9-6-15(7-10-22)20-26-11-12-27-20/h2-5,8,13,15,20-21H,6-7,9-12H2,1H3. The fourth-order valence-corrected chi connectivity index (χ4v) is 6.11. The van der Waals surface area contributed by atoms with E-state index in [1.165, 1.54) is 6.07 Å². The van der Waals surface area contributed by atoms with Crippen molar-refractivity contribution in [1.29, 1.82) is 0 Å². The molecule has 9 heteroatoms. The van der Waals surface area contributed by atoms with E-state index < -0.39 is 10.0 Å². The Labute approximate surface area is 174 Å². The van der Waals surface area contributed by atoms with Crippen molar-refractivity contribution < 1.29 is 22.7 Å². The number of amides is 1. The van der Waals surface area contributed by atoms with E-state index in [1.807, 2.05) is 19.1 Å². The number of sulfonamides is 1. The van der Waals surface area contributed by atoms with E-state index in [2.05, 4.69) is 4.72 Å². The number of ether oxygens (including phenoxy) is 2. The number of carbonyl (C=O) groups is 1. The summed E-state index contributed by atoms with van der Waals surface area (Å²) < 4.78 is 39.5. The van der Waals surface area contributed by atoms with E-state index in [4.69, 9.17) is 9.47 Å². The molecule has 2 saturated heterocycles. The van der Waals surface area contributed by atoms with Gasteiger partial charge in [0, 0.05) is 24.7 Å². The average Bonchev–Trinajstić information content (AvgIpc) is 3.42. The first kappa shape index (κ1) is 20.3. The fraction of sp³-hybridized carbons (Fsp3) is 0.450. The van der Waals surface area contributed by atoms with Crippen LogP contribution in [0.1, 0.15) is 28.1 Å². The van der Waals surface area contributed by atoms with Gasteiger partial charge in [0.05, 0.1) is 13.2 Å². The Morgan fingerprint density at radius 1 is 1.10 bits per heavy atom. The summed E-state index contributed by atoms with van der Waals surface area (Å²) in [6.07, 6.45) is 1.39. The van der Waals surface area contributed by atoms with Crippen molar-refractivity contribution in [2.75, 3.05) is 31.0 Å². The first-order valence-corrected chi connectivity index (χ1v) is 12.0. The summed E-state index contributed by atoms with van der Waals surface area (Å²) in [6.45, 7) is 4.30. The topological polar surface area (TPSA) is 84.9 Å². The van der Waals surface area contributed by atoms with Crippen LogP contribution in [0.3, 0.4) is 0 Å². The van der Waals surface area contributed by atoms with Gasteiger partial charge in [0.1, 0.15) is 9.77 Å². The first-order chi connectivity index (χ1) is 13.9. The highest BCUT2D eigenvalue weighted by Crippen LogP contribution is 2.30.